The van der Waals surface area contributed by atoms with Crippen molar-refractivity contribution in [3.8, 4) is 0 Å². The summed E-state index contributed by atoms with van der Waals surface area (Å²) in [5, 5.41) is -0.349. The smallest absolute Gasteiger partial charge is 0.219 e. The van der Waals surface area contributed by atoms with Gasteiger partial charge < -0.3 is 4.90 Å². The van der Waals surface area contributed by atoms with E-state index in [1.165, 1.54) is 0 Å². The fourth-order valence-electron chi connectivity index (χ4n) is 3.70. The molecule has 3 rings (SSSR count). The van der Waals surface area contributed by atoms with Gasteiger partial charge in [-0.25, -0.2) is 8.42 Å². The van der Waals surface area contributed by atoms with E-state index in [1.807, 2.05) is 11.0 Å². The molecule has 20 heavy (non-hydrogen) atoms. The lowest BCUT2D eigenvalue weighted by molar-refractivity contribution is -0.132. The van der Waals surface area contributed by atoms with Crippen LogP contribution in [0.5, 0.6) is 0 Å². The van der Waals surface area contributed by atoms with E-state index in [2.05, 4.69) is 0 Å². The summed E-state index contributed by atoms with van der Waals surface area (Å²) in [6.45, 7) is 1.58. The van der Waals surface area contributed by atoms with Gasteiger partial charge in [0.05, 0.1) is 10.1 Å². The van der Waals surface area contributed by atoms with Crippen molar-refractivity contribution in [2.45, 2.75) is 54.8 Å². The van der Waals surface area contributed by atoms with E-state index in [9.17, 15) is 13.2 Å². The van der Waals surface area contributed by atoms with Gasteiger partial charge in [-0.2, -0.15) is 0 Å². The highest BCUT2D eigenvalue weighted by atomic mass is 32.2. The maximum absolute atomic E-state index is 12.7. The molecule has 2 saturated heterocycles. The summed E-state index contributed by atoms with van der Waals surface area (Å²) >= 11 is 0. The molecule has 0 N–H and O–H groups in total. The number of carbonyl (C=O) groups excluding carboxylic acids is 1. The molecule has 4 nitrogen and oxygen atoms in total. The molecule has 1 aromatic carbocycles. The molecular formula is C15H19NO3S. The van der Waals surface area contributed by atoms with Crippen LogP contribution in [0.3, 0.4) is 0 Å². The molecular weight excluding hydrogens is 274 g/mol. The molecule has 1 aromatic rings. The second-order valence-electron chi connectivity index (χ2n) is 5.76. The van der Waals surface area contributed by atoms with Gasteiger partial charge in [-0.3, -0.25) is 4.79 Å². The van der Waals surface area contributed by atoms with Crippen molar-refractivity contribution >= 4 is 15.7 Å². The summed E-state index contributed by atoms with van der Waals surface area (Å²) < 4.78 is 25.4. The lowest BCUT2D eigenvalue weighted by atomic mass is 10.0. The van der Waals surface area contributed by atoms with E-state index in [0.717, 1.165) is 12.8 Å². The number of hydrogen-bond donors (Lipinski definition) is 0. The quantitative estimate of drug-likeness (QED) is 0.838. The number of sulfone groups is 1. The van der Waals surface area contributed by atoms with Gasteiger partial charge in [-0.1, -0.05) is 18.2 Å². The highest BCUT2D eigenvalue weighted by molar-refractivity contribution is 7.92. The Morgan fingerprint density at radius 2 is 1.65 bits per heavy atom. The van der Waals surface area contributed by atoms with E-state index in [0.29, 0.717) is 17.7 Å². The van der Waals surface area contributed by atoms with Crippen LogP contribution >= 0.6 is 0 Å². The van der Waals surface area contributed by atoms with Crippen molar-refractivity contribution in [1.82, 2.24) is 4.90 Å². The minimum atomic E-state index is -3.27. The van der Waals surface area contributed by atoms with Crippen LogP contribution in [0.15, 0.2) is 35.2 Å². The van der Waals surface area contributed by atoms with Gasteiger partial charge in [0.2, 0.25) is 5.91 Å². The maximum Gasteiger partial charge on any atom is 0.219 e. The van der Waals surface area contributed by atoms with Gasteiger partial charge in [-0.05, 0) is 37.8 Å². The summed E-state index contributed by atoms with van der Waals surface area (Å²) in [5.41, 5.74) is 0. The summed E-state index contributed by atoms with van der Waals surface area (Å²) in [5.74, 6) is 0.0769. The fraction of sp³-hybridized carbons (Fsp3) is 0.533. The van der Waals surface area contributed by atoms with E-state index in [-0.39, 0.29) is 23.2 Å². The first-order chi connectivity index (χ1) is 9.50. The maximum atomic E-state index is 12.7. The topological polar surface area (TPSA) is 54.5 Å². The number of piperidine rings is 1. The zero-order valence-corrected chi connectivity index (χ0v) is 12.3. The average molecular weight is 293 g/mol. The number of rotatable bonds is 2. The number of fused-ring (bicyclic) bond motifs is 2. The molecule has 108 valence electrons. The number of benzene rings is 1. The Balaban J connectivity index is 1.86. The molecule has 2 atom stereocenters. The Hall–Kier alpha value is -1.36. The van der Waals surface area contributed by atoms with Crippen molar-refractivity contribution in [3.05, 3.63) is 30.3 Å². The van der Waals surface area contributed by atoms with Gasteiger partial charge in [-0.15, -0.1) is 0 Å². The predicted octanol–water partition coefficient (Wildman–Crippen LogP) is 2.00. The molecule has 0 spiro atoms. The van der Waals surface area contributed by atoms with Crippen LogP contribution in [0.1, 0.15) is 32.6 Å². The van der Waals surface area contributed by atoms with Crippen molar-refractivity contribution in [1.29, 1.82) is 0 Å². The summed E-state index contributed by atoms with van der Waals surface area (Å²) in [6, 6.07) is 8.87. The zero-order chi connectivity index (χ0) is 14.3. The minimum Gasteiger partial charge on any atom is -0.337 e. The normalized spacial score (nSPS) is 29.4. The standard InChI is InChI=1S/C15H19NO3S/c1-11(17)16-12-7-8-13(16)10-15(9-12)20(18,19)14-5-3-2-4-6-14/h2-6,12-13,15H,7-10H2,1H3. The first-order valence-electron chi connectivity index (χ1n) is 7.08. The highest BCUT2D eigenvalue weighted by Gasteiger charge is 2.46. The Morgan fingerprint density at radius 1 is 1.10 bits per heavy atom. The number of amides is 1. The molecule has 0 aliphatic carbocycles. The largest absolute Gasteiger partial charge is 0.337 e. The van der Waals surface area contributed by atoms with E-state index in [1.54, 1.807) is 31.2 Å². The van der Waals surface area contributed by atoms with Crippen LogP contribution in [0.4, 0.5) is 0 Å². The molecule has 2 unspecified atom stereocenters. The van der Waals surface area contributed by atoms with Crippen molar-refractivity contribution in [3.63, 3.8) is 0 Å². The second kappa shape index (κ2) is 4.88. The predicted molar refractivity (Wildman–Crippen MR) is 76.0 cm³/mol. The molecule has 2 heterocycles. The Bertz CT molecular complexity index is 597. The number of hydrogen-bond acceptors (Lipinski definition) is 3. The third-order valence-corrected chi connectivity index (χ3v) is 6.76. The monoisotopic (exact) mass is 293 g/mol. The summed E-state index contributed by atoms with van der Waals surface area (Å²) in [6.07, 6.45) is 3.02. The van der Waals surface area contributed by atoms with E-state index < -0.39 is 9.84 Å². The van der Waals surface area contributed by atoms with Crippen LogP contribution in [0.25, 0.3) is 0 Å². The Kier molecular flexibility index (Phi) is 3.32. The SMILES string of the molecule is CC(=O)N1C2CCC1CC(S(=O)(=O)c1ccccc1)C2. The van der Waals surface area contributed by atoms with Crippen LogP contribution < -0.4 is 0 Å². The number of nitrogens with zero attached hydrogens (tertiary/aromatic N) is 1. The van der Waals surface area contributed by atoms with Gasteiger partial charge in [0.25, 0.3) is 0 Å². The number of carbonyl (C=O) groups is 1. The molecule has 0 radical (unpaired) electrons. The molecule has 1 amide bonds. The summed E-state index contributed by atoms with van der Waals surface area (Å²) in [4.78, 5) is 14.0. The van der Waals surface area contributed by atoms with Gasteiger partial charge in [0.15, 0.2) is 9.84 Å². The third kappa shape index (κ3) is 2.14. The molecule has 0 aromatic heterocycles. The van der Waals surface area contributed by atoms with Gasteiger partial charge in [0, 0.05) is 19.0 Å². The molecule has 2 aliphatic heterocycles. The average Bonchev–Trinajstić information content (AvgIpc) is 2.70. The van der Waals surface area contributed by atoms with Crippen LogP contribution in [0, 0.1) is 0 Å². The van der Waals surface area contributed by atoms with Gasteiger partial charge >= 0.3 is 0 Å². The first kappa shape index (κ1) is 13.6. The van der Waals surface area contributed by atoms with E-state index in [4.69, 9.17) is 0 Å². The lowest BCUT2D eigenvalue weighted by Crippen LogP contribution is -2.48. The first-order valence-corrected chi connectivity index (χ1v) is 8.62. The Morgan fingerprint density at radius 3 is 2.15 bits per heavy atom. The fourth-order valence-corrected chi connectivity index (χ4v) is 5.57. The van der Waals surface area contributed by atoms with Crippen molar-refractivity contribution in [2.24, 2.45) is 0 Å². The molecule has 2 bridgehead atoms. The zero-order valence-electron chi connectivity index (χ0n) is 11.5. The molecule has 2 fully saturated rings. The van der Waals surface area contributed by atoms with E-state index >= 15 is 0 Å². The lowest BCUT2D eigenvalue weighted by Gasteiger charge is -2.38. The molecule has 2 aliphatic rings. The molecule has 0 saturated carbocycles. The summed E-state index contributed by atoms with van der Waals surface area (Å²) in [7, 11) is -3.27. The Labute approximate surface area is 119 Å². The van der Waals surface area contributed by atoms with Crippen LogP contribution in [-0.2, 0) is 14.6 Å². The van der Waals surface area contributed by atoms with Crippen molar-refractivity contribution in [2.75, 3.05) is 0 Å². The highest BCUT2D eigenvalue weighted by Crippen LogP contribution is 2.39. The minimum absolute atomic E-state index is 0.0769. The van der Waals surface area contributed by atoms with Gasteiger partial charge in [0.1, 0.15) is 0 Å². The van der Waals surface area contributed by atoms with Crippen molar-refractivity contribution < 1.29 is 13.2 Å². The van der Waals surface area contributed by atoms with Crippen LogP contribution in [-0.4, -0.2) is 36.6 Å². The molecule has 5 heteroatoms. The third-order valence-electron chi connectivity index (χ3n) is 4.56. The second-order valence-corrected chi connectivity index (χ2v) is 7.99. The van der Waals surface area contributed by atoms with Crippen LogP contribution in [0.2, 0.25) is 0 Å².